The quantitative estimate of drug-likeness (QED) is 0.724. The molecule has 0 heterocycles. The molecule has 1 aliphatic rings. The summed E-state index contributed by atoms with van der Waals surface area (Å²) in [7, 11) is 2.06. The smallest absolute Gasteiger partial charge is 0.0717 e. The predicted octanol–water partition coefficient (Wildman–Crippen LogP) is 4.42. The summed E-state index contributed by atoms with van der Waals surface area (Å²) < 4.78 is 12.3. The molecular formula is C23H31NO2. The molecule has 0 unspecified atom stereocenters. The predicted molar refractivity (Wildman–Crippen MR) is 106 cm³/mol. The standard InChI is InChI=1S/C23H31NO2/c1-19-13-23(14-22(19)24-2,17-25-15-20-9-5-3-6-10-20)18-26-16-21-11-7-4-8-12-21/h3-12,19,22,24H,13-18H2,1-2H3/t19-,22-/m0/s1. The highest BCUT2D eigenvalue weighted by molar-refractivity contribution is 5.14. The molecular weight excluding hydrogens is 322 g/mol. The van der Waals surface area contributed by atoms with E-state index in [4.69, 9.17) is 9.47 Å². The van der Waals surface area contributed by atoms with E-state index in [1.807, 2.05) is 12.1 Å². The lowest BCUT2D eigenvalue weighted by atomic mass is 9.87. The highest BCUT2D eigenvalue weighted by atomic mass is 16.5. The van der Waals surface area contributed by atoms with Crippen molar-refractivity contribution in [2.45, 2.75) is 39.0 Å². The Hall–Kier alpha value is -1.68. The van der Waals surface area contributed by atoms with Crippen LogP contribution in [0.25, 0.3) is 0 Å². The van der Waals surface area contributed by atoms with Gasteiger partial charge in [0.25, 0.3) is 0 Å². The lowest BCUT2D eigenvalue weighted by Crippen LogP contribution is -2.33. The lowest BCUT2D eigenvalue weighted by Gasteiger charge is -2.29. The number of rotatable bonds is 9. The molecule has 2 aromatic rings. The van der Waals surface area contributed by atoms with Crippen molar-refractivity contribution in [2.75, 3.05) is 20.3 Å². The second-order valence-electron chi connectivity index (χ2n) is 7.74. The summed E-state index contributed by atoms with van der Waals surface area (Å²) in [5.74, 6) is 0.639. The minimum Gasteiger partial charge on any atom is -0.376 e. The summed E-state index contributed by atoms with van der Waals surface area (Å²) in [5, 5.41) is 3.47. The van der Waals surface area contributed by atoms with Gasteiger partial charge in [0.2, 0.25) is 0 Å². The van der Waals surface area contributed by atoms with Crippen molar-refractivity contribution < 1.29 is 9.47 Å². The van der Waals surface area contributed by atoms with Crippen molar-refractivity contribution in [2.24, 2.45) is 11.3 Å². The van der Waals surface area contributed by atoms with Crippen LogP contribution < -0.4 is 5.32 Å². The first-order chi connectivity index (χ1) is 12.7. The van der Waals surface area contributed by atoms with E-state index in [1.165, 1.54) is 11.1 Å². The maximum absolute atomic E-state index is 6.14. The molecule has 3 rings (SSSR count). The van der Waals surface area contributed by atoms with Gasteiger partial charge in [0.1, 0.15) is 0 Å². The van der Waals surface area contributed by atoms with Crippen LogP contribution in [0.5, 0.6) is 0 Å². The second-order valence-corrected chi connectivity index (χ2v) is 7.74. The molecule has 0 spiro atoms. The monoisotopic (exact) mass is 353 g/mol. The van der Waals surface area contributed by atoms with E-state index in [-0.39, 0.29) is 5.41 Å². The normalized spacial score (nSPS) is 21.8. The lowest BCUT2D eigenvalue weighted by molar-refractivity contribution is -0.0320. The minimum atomic E-state index is 0.0939. The van der Waals surface area contributed by atoms with Crippen molar-refractivity contribution in [1.82, 2.24) is 5.32 Å². The topological polar surface area (TPSA) is 30.5 Å². The van der Waals surface area contributed by atoms with Gasteiger partial charge in [0, 0.05) is 11.5 Å². The van der Waals surface area contributed by atoms with Gasteiger partial charge in [-0.3, -0.25) is 0 Å². The Balaban J connectivity index is 1.57. The maximum atomic E-state index is 6.14. The van der Waals surface area contributed by atoms with E-state index < -0.39 is 0 Å². The molecule has 1 aliphatic carbocycles. The molecule has 1 saturated carbocycles. The fourth-order valence-electron chi connectivity index (χ4n) is 4.16. The van der Waals surface area contributed by atoms with E-state index >= 15 is 0 Å². The van der Waals surface area contributed by atoms with Gasteiger partial charge in [-0.05, 0) is 36.9 Å². The molecule has 0 bridgehead atoms. The molecule has 0 radical (unpaired) electrons. The molecule has 1 fully saturated rings. The van der Waals surface area contributed by atoms with Gasteiger partial charge in [0.05, 0.1) is 26.4 Å². The number of nitrogens with one attached hydrogen (secondary N) is 1. The molecule has 2 atom stereocenters. The molecule has 1 N–H and O–H groups in total. The molecule has 26 heavy (non-hydrogen) atoms. The first-order valence-electron chi connectivity index (χ1n) is 9.61. The van der Waals surface area contributed by atoms with Crippen molar-refractivity contribution in [3.8, 4) is 0 Å². The summed E-state index contributed by atoms with van der Waals surface area (Å²) in [6.45, 7) is 5.16. The van der Waals surface area contributed by atoms with E-state index in [1.54, 1.807) is 0 Å². The molecule has 0 saturated heterocycles. The van der Waals surface area contributed by atoms with Crippen LogP contribution in [0.4, 0.5) is 0 Å². The van der Waals surface area contributed by atoms with Crippen LogP contribution in [0.15, 0.2) is 60.7 Å². The molecule has 0 aromatic heterocycles. The highest BCUT2D eigenvalue weighted by Gasteiger charge is 2.43. The van der Waals surface area contributed by atoms with Gasteiger partial charge in [0.15, 0.2) is 0 Å². The van der Waals surface area contributed by atoms with Crippen molar-refractivity contribution in [3.05, 3.63) is 71.8 Å². The zero-order valence-electron chi connectivity index (χ0n) is 16.0. The molecule has 0 aliphatic heterocycles. The average molecular weight is 354 g/mol. The van der Waals surface area contributed by atoms with E-state index in [2.05, 4.69) is 67.8 Å². The van der Waals surface area contributed by atoms with Gasteiger partial charge in [-0.25, -0.2) is 0 Å². The number of ether oxygens (including phenoxy) is 2. The van der Waals surface area contributed by atoms with E-state index in [0.29, 0.717) is 25.2 Å². The average Bonchev–Trinajstić information content (AvgIpc) is 2.99. The summed E-state index contributed by atoms with van der Waals surface area (Å²) in [6, 6.07) is 21.3. The number of hydrogen-bond acceptors (Lipinski definition) is 3. The van der Waals surface area contributed by atoms with Gasteiger partial charge >= 0.3 is 0 Å². The SMILES string of the molecule is CN[C@H]1CC(COCc2ccccc2)(COCc2ccccc2)C[C@@H]1C. The first kappa shape index (κ1) is 19.1. The molecule has 3 heteroatoms. The Morgan fingerprint density at radius 3 is 1.77 bits per heavy atom. The fourth-order valence-corrected chi connectivity index (χ4v) is 4.16. The van der Waals surface area contributed by atoms with Crippen molar-refractivity contribution in [3.63, 3.8) is 0 Å². The Labute approximate surface area is 157 Å². The molecule has 140 valence electrons. The number of hydrogen-bond donors (Lipinski definition) is 1. The van der Waals surface area contributed by atoms with Crippen LogP contribution in [0.2, 0.25) is 0 Å². The Kier molecular flexibility index (Phi) is 6.84. The summed E-state index contributed by atoms with van der Waals surface area (Å²) in [5.41, 5.74) is 2.55. The third-order valence-electron chi connectivity index (χ3n) is 5.51. The van der Waals surface area contributed by atoms with Crippen LogP contribution in [-0.2, 0) is 22.7 Å². The summed E-state index contributed by atoms with van der Waals surface area (Å²) in [4.78, 5) is 0. The van der Waals surface area contributed by atoms with Crippen LogP contribution >= 0.6 is 0 Å². The largest absolute Gasteiger partial charge is 0.376 e. The highest BCUT2D eigenvalue weighted by Crippen LogP contribution is 2.42. The van der Waals surface area contributed by atoms with Gasteiger partial charge in [-0.2, -0.15) is 0 Å². The van der Waals surface area contributed by atoms with Crippen molar-refractivity contribution in [1.29, 1.82) is 0 Å². The summed E-state index contributed by atoms with van der Waals surface area (Å²) in [6.07, 6.45) is 2.25. The fraction of sp³-hybridized carbons (Fsp3) is 0.478. The van der Waals surface area contributed by atoms with Gasteiger partial charge in [-0.1, -0.05) is 67.6 Å². The maximum Gasteiger partial charge on any atom is 0.0717 e. The van der Waals surface area contributed by atoms with E-state index in [9.17, 15) is 0 Å². The second kappa shape index (κ2) is 9.31. The molecule has 3 nitrogen and oxygen atoms in total. The van der Waals surface area contributed by atoms with Crippen molar-refractivity contribution >= 4 is 0 Å². The van der Waals surface area contributed by atoms with Crippen LogP contribution in [-0.4, -0.2) is 26.3 Å². The Morgan fingerprint density at radius 2 is 1.35 bits per heavy atom. The zero-order valence-corrected chi connectivity index (χ0v) is 16.0. The van der Waals surface area contributed by atoms with Gasteiger partial charge < -0.3 is 14.8 Å². The third kappa shape index (κ3) is 5.16. The van der Waals surface area contributed by atoms with E-state index in [0.717, 1.165) is 26.1 Å². The third-order valence-corrected chi connectivity index (χ3v) is 5.51. The first-order valence-corrected chi connectivity index (χ1v) is 9.61. The zero-order chi connectivity index (χ0) is 18.2. The number of benzene rings is 2. The Bertz CT molecular complexity index is 598. The Morgan fingerprint density at radius 1 is 0.846 bits per heavy atom. The minimum absolute atomic E-state index is 0.0939. The molecule has 0 amide bonds. The molecule has 2 aromatic carbocycles. The van der Waals surface area contributed by atoms with Crippen LogP contribution in [0.1, 0.15) is 30.9 Å². The summed E-state index contributed by atoms with van der Waals surface area (Å²) >= 11 is 0. The van der Waals surface area contributed by atoms with Gasteiger partial charge in [-0.15, -0.1) is 0 Å². The van der Waals surface area contributed by atoms with Crippen LogP contribution in [0.3, 0.4) is 0 Å². The van der Waals surface area contributed by atoms with Crippen LogP contribution in [0, 0.1) is 11.3 Å².